The second-order valence-corrected chi connectivity index (χ2v) is 12.6. The summed E-state index contributed by atoms with van der Waals surface area (Å²) in [6, 6.07) is 20.6. The number of likely N-dealkylation sites (tertiary alicyclic amines) is 1. The Morgan fingerprint density at radius 3 is 2.62 bits per heavy atom. The number of ether oxygens (including phenoxy) is 1. The molecule has 0 radical (unpaired) electrons. The number of carbonyl (C=O) groups is 2. The molecular formula is C30H32ClIN2O4S. The van der Waals surface area contributed by atoms with E-state index in [1.165, 1.54) is 11.8 Å². The summed E-state index contributed by atoms with van der Waals surface area (Å²) in [6.45, 7) is 3.17. The van der Waals surface area contributed by atoms with Gasteiger partial charge in [0.25, 0.3) is 0 Å². The van der Waals surface area contributed by atoms with Crippen molar-refractivity contribution in [3.8, 4) is 0 Å². The van der Waals surface area contributed by atoms with Crippen molar-refractivity contribution >= 4 is 57.8 Å². The minimum atomic E-state index is -1.14. The molecule has 0 spiro atoms. The first-order valence-corrected chi connectivity index (χ1v) is 15.0. The number of methoxy groups -OCH3 is 1. The van der Waals surface area contributed by atoms with Gasteiger partial charge in [-0.1, -0.05) is 59.6 Å². The Bertz CT molecular complexity index is 1320. The smallest absolute Gasteiger partial charge is 0.239 e. The van der Waals surface area contributed by atoms with E-state index in [1.54, 1.807) is 12.0 Å². The molecule has 0 aromatic heterocycles. The molecule has 2 atom stereocenters. The maximum Gasteiger partial charge on any atom is 0.239 e. The van der Waals surface area contributed by atoms with E-state index in [4.69, 9.17) is 16.3 Å². The molecule has 1 fully saturated rings. The van der Waals surface area contributed by atoms with Crippen molar-refractivity contribution in [2.45, 2.75) is 48.6 Å². The Hall–Kier alpha value is -2.11. The number of hydrogen-bond acceptors (Lipinski definition) is 5. The van der Waals surface area contributed by atoms with Gasteiger partial charge in [0.05, 0.1) is 19.1 Å². The summed E-state index contributed by atoms with van der Waals surface area (Å²) in [6.07, 6.45) is 0.701. The van der Waals surface area contributed by atoms with Gasteiger partial charge in [-0.3, -0.25) is 9.59 Å². The van der Waals surface area contributed by atoms with E-state index < -0.39 is 10.8 Å². The van der Waals surface area contributed by atoms with Crippen LogP contribution in [0.1, 0.15) is 41.1 Å². The number of amides is 2. The van der Waals surface area contributed by atoms with E-state index in [2.05, 4.69) is 27.9 Å². The number of carbonyl (C=O) groups excluding carboxylic acids is 2. The Kier molecular flexibility index (Phi) is 10.3. The van der Waals surface area contributed by atoms with Crippen LogP contribution in [0.2, 0.25) is 5.02 Å². The van der Waals surface area contributed by atoms with E-state index >= 15 is 0 Å². The predicted octanol–water partition coefficient (Wildman–Crippen LogP) is 5.90. The fourth-order valence-corrected chi connectivity index (χ4v) is 7.33. The van der Waals surface area contributed by atoms with Gasteiger partial charge in [-0.2, -0.15) is 0 Å². The molecule has 0 bridgehead atoms. The molecule has 2 amide bonds. The fourth-order valence-electron chi connectivity index (χ4n) is 4.85. The molecule has 9 heteroatoms. The van der Waals surface area contributed by atoms with Crippen LogP contribution >= 0.6 is 46.0 Å². The molecule has 6 nitrogen and oxygen atoms in total. The summed E-state index contributed by atoms with van der Waals surface area (Å²) >= 11 is 10.2. The maximum absolute atomic E-state index is 14.2. The number of hydrogen-bond donors (Lipinski definition) is 2. The Morgan fingerprint density at radius 2 is 1.95 bits per heavy atom. The van der Waals surface area contributed by atoms with Crippen LogP contribution in [0, 0.1) is 10.5 Å². The van der Waals surface area contributed by atoms with Crippen molar-refractivity contribution in [2.75, 3.05) is 20.3 Å². The number of nitrogens with zero attached hydrogens (tertiary/aromatic N) is 1. The number of halogens is 2. The van der Waals surface area contributed by atoms with Crippen molar-refractivity contribution in [3.63, 3.8) is 0 Å². The Labute approximate surface area is 252 Å². The zero-order valence-corrected chi connectivity index (χ0v) is 25.7. The highest BCUT2D eigenvalue weighted by molar-refractivity contribution is 14.1. The summed E-state index contributed by atoms with van der Waals surface area (Å²) in [4.78, 5) is 30.8. The van der Waals surface area contributed by atoms with Gasteiger partial charge in [-0.15, -0.1) is 11.8 Å². The lowest BCUT2D eigenvalue weighted by Crippen LogP contribution is -2.48. The Morgan fingerprint density at radius 1 is 1.21 bits per heavy atom. The molecule has 0 unspecified atom stereocenters. The average molecular weight is 679 g/mol. The molecule has 2 N–H and O–H groups in total. The lowest BCUT2D eigenvalue weighted by Gasteiger charge is -2.37. The summed E-state index contributed by atoms with van der Waals surface area (Å²) in [5.74, 6) is -0.306. The zero-order valence-electron chi connectivity index (χ0n) is 22.0. The molecule has 3 aromatic carbocycles. The molecule has 0 saturated carbocycles. The maximum atomic E-state index is 14.2. The fraction of sp³-hybridized carbons (Fsp3) is 0.333. The number of nitrogens with one attached hydrogen (secondary N) is 1. The first-order chi connectivity index (χ1) is 18.8. The Balaban J connectivity index is 1.85. The summed E-state index contributed by atoms with van der Waals surface area (Å²) < 4.78 is 4.91. The van der Waals surface area contributed by atoms with Gasteiger partial charge >= 0.3 is 0 Å². The quantitative estimate of drug-likeness (QED) is 0.195. The van der Waals surface area contributed by atoms with Crippen LogP contribution in [-0.2, 0) is 27.5 Å². The van der Waals surface area contributed by atoms with E-state index in [1.807, 2.05) is 73.7 Å². The van der Waals surface area contributed by atoms with E-state index in [9.17, 15) is 14.7 Å². The van der Waals surface area contributed by atoms with Crippen molar-refractivity contribution in [1.82, 2.24) is 10.2 Å². The summed E-state index contributed by atoms with van der Waals surface area (Å²) in [7, 11) is 1.63. The third-order valence-electron chi connectivity index (χ3n) is 6.84. The van der Waals surface area contributed by atoms with Crippen molar-refractivity contribution < 1.29 is 19.4 Å². The summed E-state index contributed by atoms with van der Waals surface area (Å²) in [5.41, 5.74) is 3.56. The number of benzene rings is 3. The SMILES string of the molecule is COCCCNC(=O)[C@@]1(Sc2ccc(C)cc2)CC(=O)N(Cc2ccccc2Cl)[C@@H]1c1ccc(CO)cc1I. The van der Waals surface area contributed by atoms with Crippen LogP contribution in [0.5, 0.6) is 0 Å². The molecule has 1 saturated heterocycles. The largest absolute Gasteiger partial charge is 0.392 e. The van der Waals surface area contributed by atoms with Crippen molar-refractivity contribution in [2.24, 2.45) is 0 Å². The molecule has 0 aliphatic carbocycles. The van der Waals surface area contributed by atoms with E-state index in [0.717, 1.165) is 30.7 Å². The minimum Gasteiger partial charge on any atom is -0.392 e. The van der Waals surface area contributed by atoms with Gasteiger partial charge in [0.1, 0.15) is 4.75 Å². The normalized spacial score (nSPS) is 18.9. The highest BCUT2D eigenvalue weighted by atomic mass is 127. The molecule has 4 rings (SSSR count). The predicted molar refractivity (Wildman–Crippen MR) is 164 cm³/mol. The molecule has 1 aliphatic heterocycles. The summed E-state index contributed by atoms with van der Waals surface area (Å²) in [5, 5.41) is 13.4. The van der Waals surface area contributed by atoms with Crippen LogP contribution < -0.4 is 5.32 Å². The average Bonchev–Trinajstić information content (AvgIpc) is 3.20. The van der Waals surface area contributed by atoms with E-state index in [0.29, 0.717) is 24.6 Å². The highest BCUT2D eigenvalue weighted by Crippen LogP contribution is 2.54. The van der Waals surface area contributed by atoms with Crippen LogP contribution in [0.4, 0.5) is 0 Å². The topological polar surface area (TPSA) is 78.9 Å². The van der Waals surface area contributed by atoms with Crippen LogP contribution in [0.3, 0.4) is 0 Å². The monoisotopic (exact) mass is 678 g/mol. The molecule has 1 heterocycles. The van der Waals surface area contributed by atoms with Gasteiger partial charge in [-0.25, -0.2) is 0 Å². The second-order valence-electron chi connectivity index (χ2n) is 9.61. The lowest BCUT2D eigenvalue weighted by molar-refractivity contribution is -0.129. The number of aliphatic hydroxyl groups excluding tert-OH is 1. The minimum absolute atomic E-state index is 0.0363. The van der Waals surface area contributed by atoms with Gasteiger partial charge < -0.3 is 20.1 Å². The van der Waals surface area contributed by atoms with Crippen molar-refractivity contribution in [3.05, 3.63) is 97.6 Å². The molecular weight excluding hydrogens is 647 g/mol. The zero-order chi connectivity index (χ0) is 28.0. The van der Waals surface area contributed by atoms with Crippen LogP contribution in [0.25, 0.3) is 0 Å². The first kappa shape index (κ1) is 29.9. The number of aryl methyl sites for hydroxylation is 1. The number of aliphatic hydroxyl groups is 1. The van der Waals surface area contributed by atoms with Gasteiger partial charge in [0, 0.05) is 40.3 Å². The van der Waals surface area contributed by atoms with Crippen LogP contribution in [-0.4, -0.2) is 46.8 Å². The molecule has 1 aliphatic rings. The third-order valence-corrected chi connectivity index (χ3v) is 9.57. The third kappa shape index (κ3) is 6.79. The van der Waals surface area contributed by atoms with Crippen molar-refractivity contribution in [1.29, 1.82) is 0 Å². The van der Waals surface area contributed by atoms with Gasteiger partial charge in [0.15, 0.2) is 0 Å². The molecule has 39 heavy (non-hydrogen) atoms. The molecule has 3 aromatic rings. The van der Waals surface area contributed by atoms with Gasteiger partial charge in [-0.05, 0) is 76.9 Å². The highest BCUT2D eigenvalue weighted by Gasteiger charge is 2.58. The van der Waals surface area contributed by atoms with Gasteiger partial charge in [0.2, 0.25) is 11.8 Å². The number of rotatable bonds is 11. The second kappa shape index (κ2) is 13.5. The molecule has 206 valence electrons. The first-order valence-electron chi connectivity index (χ1n) is 12.7. The lowest BCUT2D eigenvalue weighted by atomic mass is 9.90. The van der Waals surface area contributed by atoms with Crippen LogP contribution in [0.15, 0.2) is 71.6 Å². The standard InChI is InChI=1S/C30H32ClIN2O4S/c1-20-8-11-23(12-9-20)39-30(29(37)33-14-5-15-38-2)17-27(36)34(18-22-6-3-4-7-25(22)31)28(30)24-13-10-21(19-35)16-26(24)32/h3-4,6-13,16,28,35H,5,14-15,17-19H2,1-2H3,(H,33,37)/t28-,30-/m1/s1. The number of thioether (sulfide) groups is 1. The van der Waals surface area contributed by atoms with E-state index in [-0.39, 0.29) is 31.4 Å².